The molecule has 0 spiro atoms. The molecule has 0 fully saturated rings. The average Bonchev–Trinajstić information content (AvgIpc) is 2.45. The Morgan fingerprint density at radius 3 is 2.80 bits per heavy atom. The first kappa shape index (κ1) is 16.4. The highest BCUT2D eigenvalue weighted by Crippen LogP contribution is 2.30. The molecule has 1 N–H and O–H groups in total. The molecule has 0 unspecified atom stereocenters. The van der Waals surface area contributed by atoms with Crippen LogP contribution in [0.2, 0.25) is 0 Å². The summed E-state index contributed by atoms with van der Waals surface area (Å²) in [5, 5.41) is 14.2. The van der Waals surface area contributed by atoms with Gasteiger partial charge in [0.25, 0.3) is 5.91 Å². The third kappa shape index (κ3) is 4.46. The van der Waals surface area contributed by atoms with E-state index in [4.69, 9.17) is 9.47 Å². The number of nitrogens with zero attached hydrogens (tertiary/aromatic N) is 1. The van der Waals surface area contributed by atoms with Crippen LogP contribution in [0.5, 0.6) is 5.75 Å². The number of methoxy groups -OCH3 is 1. The summed E-state index contributed by atoms with van der Waals surface area (Å²) >= 11 is 3.21. The number of nitrogens with one attached hydrogen (secondary N) is 1. The third-order valence-corrected chi connectivity index (χ3v) is 2.72. The molecule has 1 rings (SSSR count). The predicted octanol–water partition coefficient (Wildman–Crippen LogP) is 1.74. The summed E-state index contributed by atoms with van der Waals surface area (Å²) in [4.78, 5) is 22.2. The van der Waals surface area contributed by atoms with E-state index in [0.29, 0.717) is 19.8 Å². The zero-order valence-electron chi connectivity index (χ0n) is 10.9. The van der Waals surface area contributed by atoms with E-state index in [1.807, 2.05) is 0 Å². The van der Waals surface area contributed by atoms with E-state index in [1.54, 1.807) is 0 Å². The summed E-state index contributed by atoms with van der Waals surface area (Å²) in [6.45, 7) is 1.24. The van der Waals surface area contributed by atoms with Crippen LogP contribution in [0.1, 0.15) is 10.4 Å². The van der Waals surface area contributed by atoms with E-state index < -0.39 is 10.8 Å². The molecule has 1 aromatic carbocycles. The molecule has 0 aliphatic heterocycles. The van der Waals surface area contributed by atoms with Crippen molar-refractivity contribution in [2.45, 2.75) is 0 Å². The monoisotopic (exact) mass is 346 g/mol. The molecule has 0 saturated heterocycles. The summed E-state index contributed by atoms with van der Waals surface area (Å²) in [6, 6.07) is 4.20. The molecule has 0 saturated carbocycles. The third-order valence-electron chi connectivity index (χ3n) is 2.39. The van der Waals surface area contributed by atoms with Crippen LogP contribution in [-0.2, 0) is 4.74 Å². The van der Waals surface area contributed by atoms with E-state index in [0.717, 1.165) is 5.33 Å². The molecular formula is C12H15BrN2O5. The van der Waals surface area contributed by atoms with Crippen LogP contribution < -0.4 is 10.1 Å². The van der Waals surface area contributed by atoms with Crippen LogP contribution >= 0.6 is 15.9 Å². The molecule has 7 nitrogen and oxygen atoms in total. The maximum absolute atomic E-state index is 12.0. The van der Waals surface area contributed by atoms with Gasteiger partial charge in [0.05, 0.1) is 30.8 Å². The molecule has 110 valence electrons. The lowest BCUT2D eigenvalue weighted by Gasteiger charge is -2.09. The first-order valence-electron chi connectivity index (χ1n) is 5.85. The van der Waals surface area contributed by atoms with Crippen molar-refractivity contribution >= 4 is 27.5 Å². The Hall–Kier alpha value is -1.67. The zero-order chi connectivity index (χ0) is 15.0. The molecule has 1 amide bonds. The highest BCUT2D eigenvalue weighted by molar-refractivity contribution is 9.09. The Kier molecular flexibility index (Phi) is 6.96. The molecule has 0 aliphatic carbocycles. The van der Waals surface area contributed by atoms with Gasteiger partial charge in [0.2, 0.25) is 5.75 Å². The highest BCUT2D eigenvalue weighted by Gasteiger charge is 2.22. The maximum Gasteiger partial charge on any atom is 0.311 e. The fourth-order valence-corrected chi connectivity index (χ4v) is 1.78. The van der Waals surface area contributed by atoms with E-state index in [1.165, 1.54) is 25.3 Å². The fraction of sp³-hybridized carbons (Fsp3) is 0.417. The van der Waals surface area contributed by atoms with Gasteiger partial charge < -0.3 is 14.8 Å². The van der Waals surface area contributed by atoms with Crippen molar-refractivity contribution in [3.8, 4) is 5.75 Å². The van der Waals surface area contributed by atoms with Crippen molar-refractivity contribution in [2.75, 3.05) is 32.2 Å². The Morgan fingerprint density at radius 1 is 1.45 bits per heavy atom. The molecule has 0 atom stereocenters. The number of nitro groups is 1. The number of nitro benzene ring substituents is 1. The lowest BCUT2D eigenvalue weighted by molar-refractivity contribution is -0.385. The van der Waals surface area contributed by atoms with Crippen LogP contribution in [-0.4, -0.2) is 43.0 Å². The Bertz CT molecular complexity index is 481. The molecule has 0 heterocycles. The molecule has 1 aromatic rings. The minimum absolute atomic E-state index is 0.0450. The number of ether oxygens (including phenoxy) is 2. The second kappa shape index (κ2) is 8.49. The van der Waals surface area contributed by atoms with Crippen molar-refractivity contribution in [3.05, 3.63) is 33.9 Å². The standard InChI is InChI=1S/C12H15BrN2O5/c1-19-11-9(3-2-4-10(11)15(17)18)12(16)14-6-8-20-7-5-13/h2-4H,5-8H2,1H3,(H,14,16). The van der Waals surface area contributed by atoms with Gasteiger partial charge >= 0.3 is 5.69 Å². The zero-order valence-corrected chi connectivity index (χ0v) is 12.5. The SMILES string of the molecule is COc1c(C(=O)NCCOCCBr)cccc1[N+](=O)[O-]. The first-order chi connectivity index (χ1) is 9.61. The quantitative estimate of drug-likeness (QED) is 0.335. The Labute approximate surface area is 124 Å². The summed E-state index contributed by atoms with van der Waals surface area (Å²) in [7, 11) is 1.29. The van der Waals surface area contributed by atoms with Crippen molar-refractivity contribution in [1.82, 2.24) is 5.32 Å². The summed E-state index contributed by atoms with van der Waals surface area (Å²) in [5.41, 5.74) is -0.113. The number of para-hydroxylation sites is 1. The number of hydrogen-bond donors (Lipinski definition) is 1. The molecule has 0 bridgehead atoms. The number of benzene rings is 1. The summed E-state index contributed by atoms with van der Waals surface area (Å²) in [5.74, 6) is -0.482. The number of rotatable bonds is 8. The summed E-state index contributed by atoms with van der Waals surface area (Å²) in [6.07, 6.45) is 0. The molecule has 0 radical (unpaired) electrons. The van der Waals surface area contributed by atoms with E-state index >= 15 is 0 Å². The Morgan fingerprint density at radius 2 is 2.20 bits per heavy atom. The van der Waals surface area contributed by atoms with Gasteiger partial charge in [-0.1, -0.05) is 22.0 Å². The highest BCUT2D eigenvalue weighted by atomic mass is 79.9. The van der Waals surface area contributed by atoms with Gasteiger partial charge in [-0.2, -0.15) is 0 Å². The van der Waals surface area contributed by atoms with Gasteiger partial charge in [0.15, 0.2) is 0 Å². The number of halogens is 1. The first-order valence-corrected chi connectivity index (χ1v) is 6.97. The second-order valence-corrected chi connectivity index (χ2v) is 4.47. The second-order valence-electron chi connectivity index (χ2n) is 3.67. The number of carbonyl (C=O) groups is 1. The van der Waals surface area contributed by atoms with E-state index in [2.05, 4.69) is 21.2 Å². The minimum Gasteiger partial charge on any atom is -0.490 e. The van der Waals surface area contributed by atoms with Gasteiger partial charge in [-0.3, -0.25) is 14.9 Å². The smallest absolute Gasteiger partial charge is 0.311 e. The van der Waals surface area contributed by atoms with Crippen LogP contribution in [0.4, 0.5) is 5.69 Å². The van der Waals surface area contributed by atoms with Crippen LogP contribution in [0.3, 0.4) is 0 Å². The fourth-order valence-electron chi connectivity index (χ4n) is 1.55. The molecule has 0 aromatic heterocycles. The van der Waals surface area contributed by atoms with Gasteiger partial charge in [0.1, 0.15) is 0 Å². The molecular weight excluding hydrogens is 332 g/mol. The number of amides is 1. The van der Waals surface area contributed by atoms with Gasteiger partial charge in [-0.25, -0.2) is 0 Å². The van der Waals surface area contributed by atoms with Crippen molar-refractivity contribution < 1.29 is 19.2 Å². The summed E-state index contributed by atoms with van der Waals surface area (Å²) < 4.78 is 10.2. The maximum atomic E-state index is 12.0. The van der Waals surface area contributed by atoms with Gasteiger partial charge in [0, 0.05) is 17.9 Å². The van der Waals surface area contributed by atoms with E-state index in [-0.39, 0.29) is 17.0 Å². The lowest BCUT2D eigenvalue weighted by atomic mass is 10.1. The van der Waals surface area contributed by atoms with Gasteiger partial charge in [-0.15, -0.1) is 0 Å². The number of hydrogen-bond acceptors (Lipinski definition) is 5. The van der Waals surface area contributed by atoms with Crippen molar-refractivity contribution in [1.29, 1.82) is 0 Å². The lowest BCUT2D eigenvalue weighted by Crippen LogP contribution is -2.28. The largest absolute Gasteiger partial charge is 0.490 e. The predicted molar refractivity (Wildman–Crippen MR) is 76.6 cm³/mol. The molecule has 0 aliphatic rings. The van der Waals surface area contributed by atoms with Crippen LogP contribution in [0.25, 0.3) is 0 Å². The average molecular weight is 347 g/mol. The van der Waals surface area contributed by atoms with Gasteiger partial charge in [-0.05, 0) is 6.07 Å². The minimum atomic E-state index is -0.589. The molecule has 20 heavy (non-hydrogen) atoms. The Balaban J connectivity index is 2.72. The topological polar surface area (TPSA) is 90.7 Å². The number of carbonyl (C=O) groups excluding carboxylic acids is 1. The van der Waals surface area contributed by atoms with Crippen molar-refractivity contribution in [3.63, 3.8) is 0 Å². The normalized spacial score (nSPS) is 10.1. The van der Waals surface area contributed by atoms with Crippen LogP contribution in [0.15, 0.2) is 18.2 Å². The van der Waals surface area contributed by atoms with E-state index in [9.17, 15) is 14.9 Å². The number of alkyl halides is 1. The van der Waals surface area contributed by atoms with Crippen molar-refractivity contribution in [2.24, 2.45) is 0 Å². The molecule has 8 heteroatoms. The van der Waals surface area contributed by atoms with Crippen LogP contribution in [0, 0.1) is 10.1 Å².